The summed E-state index contributed by atoms with van der Waals surface area (Å²) in [4.78, 5) is 8.44. The van der Waals surface area contributed by atoms with Crippen molar-refractivity contribution in [2.75, 3.05) is 7.11 Å². The van der Waals surface area contributed by atoms with Gasteiger partial charge in [-0.3, -0.25) is 0 Å². The van der Waals surface area contributed by atoms with Crippen LogP contribution in [0.1, 0.15) is 11.1 Å². The molecule has 2 N–H and O–H groups in total. The Morgan fingerprint density at radius 1 is 1.25 bits per heavy atom. The zero-order chi connectivity index (χ0) is 14.5. The zero-order valence-corrected chi connectivity index (χ0v) is 12.1. The summed E-state index contributed by atoms with van der Waals surface area (Å²) < 4.78 is 5.27. The molecular formula is C13H15BN2O3S. The molecule has 0 aliphatic heterocycles. The number of hydrogen-bond donors (Lipinski definition) is 2. The lowest BCUT2D eigenvalue weighted by molar-refractivity contribution is 0.410. The van der Waals surface area contributed by atoms with Crippen molar-refractivity contribution in [3.8, 4) is 5.75 Å². The molecule has 20 heavy (non-hydrogen) atoms. The molecule has 0 amide bonds. The van der Waals surface area contributed by atoms with Crippen molar-refractivity contribution in [2.24, 2.45) is 0 Å². The first kappa shape index (κ1) is 14.8. The Labute approximate surface area is 122 Å². The van der Waals surface area contributed by atoms with Gasteiger partial charge in [0.05, 0.1) is 7.11 Å². The first-order valence-electron chi connectivity index (χ1n) is 6.04. The zero-order valence-electron chi connectivity index (χ0n) is 11.3. The van der Waals surface area contributed by atoms with Crippen LogP contribution < -0.4 is 10.2 Å². The standard InChI is InChI=1S/C13H15BN2O3S/c1-9-6-15-13(16-7-9)20-8-10-5-11(14(17)18)3-4-12(10)19-2/h3-7,17-18H,8H2,1-2H3. The van der Waals surface area contributed by atoms with Crippen LogP contribution in [0.15, 0.2) is 35.7 Å². The van der Waals surface area contributed by atoms with Crippen LogP contribution in [0, 0.1) is 6.92 Å². The highest BCUT2D eigenvalue weighted by atomic mass is 32.2. The minimum Gasteiger partial charge on any atom is -0.496 e. The third-order valence-corrected chi connectivity index (χ3v) is 3.64. The number of aromatic nitrogens is 2. The van der Waals surface area contributed by atoms with Crippen LogP contribution in [-0.4, -0.2) is 34.2 Å². The van der Waals surface area contributed by atoms with E-state index in [1.807, 2.05) is 6.92 Å². The van der Waals surface area contributed by atoms with Gasteiger partial charge in [0.1, 0.15) is 5.75 Å². The Morgan fingerprint density at radius 2 is 1.95 bits per heavy atom. The summed E-state index contributed by atoms with van der Waals surface area (Å²) in [6.07, 6.45) is 3.53. The minimum atomic E-state index is -1.49. The Bertz CT molecular complexity index is 578. The van der Waals surface area contributed by atoms with Crippen molar-refractivity contribution in [2.45, 2.75) is 17.8 Å². The summed E-state index contributed by atoms with van der Waals surface area (Å²) in [5.74, 6) is 1.29. The number of methoxy groups -OCH3 is 1. The largest absolute Gasteiger partial charge is 0.496 e. The van der Waals surface area contributed by atoms with Crippen molar-refractivity contribution in [3.05, 3.63) is 41.7 Å². The van der Waals surface area contributed by atoms with Gasteiger partial charge in [-0.15, -0.1) is 0 Å². The van der Waals surface area contributed by atoms with Crippen LogP contribution >= 0.6 is 11.8 Å². The number of thioether (sulfide) groups is 1. The van der Waals surface area contributed by atoms with E-state index in [1.165, 1.54) is 11.8 Å². The van der Waals surface area contributed by atoms with Gasteiger partial charge < -0.3 is 14.8 Å². The molecule has 1 heterocycles. The van der Waals surface area contributed by atoms with E-state index >= 15 is 0 Å². The van der Waals surface area contributed by atoms with E-state index < -0.39 is 7.12 Å². The highest BCUT2D eigenvalue weighted by Gasteiger charge is 2.14. The molecular weight excluding hydrogens is 275 g/mol. The maximum Gasteiger partial charge on any atom is 0.488 e. The van der Waals surface area contributed by atoms with Crippen LogP contribution in [0.5, 0.6) is 5.75 Å². The molecule has 0 bridgehead atoms. The lowest BCUT2D eigenvalue weighted by Gasteiger charge is -2.10. The average Bonchev–Trinajstić information content (AvgIpc) is 2.46. The monoisotopic (exact) mass is 290 g/mol. The normalized spacial score (nSPS) is 10.4. The molecule has 0 spiro atoms. The van der Waals surface area contributed by atoms with E-state index in [0.717, 1.165) is 11.1 Å². The smallest absolute Gasteiger partial charge is 0.488 e. The molecule has 0 fully saturated rings. The number of ether oxygens (including phenoxy) is 1. The minimum absolute atomic E-state index is 0.436. The summed E-state index contributed by atoms with van der Waals surface area (Å²) in [6.45, 7) is 1.93. The molecule has 104 valence electrons. The van der Waals surface area contributed by atoms with E-state index in [2.05, 4.69) is 9.97 Å². The molecule has 0 radical (unpaired) electrons. The van der Waals surface area contributed by atoms with Gasteiger partial charge in [0.15, 0.2) is 5.16 Å². The second-order valence-corrected chi connectivity index (χ2v) is 5.22. The predicted octanol–water partition coefficient (Wildman–Crippen LogP) is 0.766. The van der Waals surface area contributed by atoms with Crippen LogP contribution in [-0.2, 0) is 5.75 Å². The van der Waals surface area contributed by atoms with E-state index in [-0.39, 0.29) is 0 Å². The van der Waals surface area contributed by atoms with Gasteiger partial charge in [-0.25, -0.2) is 9.97 Å². The highest BCUT2D eigenvalue weighted by molar-refractivity contribution is 7.98. The van der Waals surface area contributed by atoms with Gasteiger partial charge in [-0.2, -0.15) is 0 Å². The molecule has 1 aromatic carbocycles. The molecule has 2 aromatic rings. The fraction of sp³-hybridized carbons (Fsp3) is 0.231. The van der Waals surface area contributed by atoms with Crippen molar-refractivity contribution >= 4 is 24.3 Å². The van der Waals surface area contributed by atoms with E-state index in [1.54, 1.807) is 37.7 Å². The van der Waals surface area contributed by atoms with Gasteiger partial charge in [-0.1, -0.05) is 23.9 Å². The van der Waals surface area contributed by atoms with Crippen molar-refractivity contribution in [1.82, 2.24) is 9.97 Å². The number of hydrogen-bond acceptors (Lipinski definition) is 6. The molecule has 0 saturated heterocycles. The second-order valence-electron chi connectivity index (χ2n) is 4.28. The molecule has 0 unspecified atom stereocenters. The molecule has 0 aliphatic rings. The lowest BCUT2D eigenvalue weighted by atomic mass is 9.79. The predicted molar refractivity (Wildman–Crippen MR) is 79.1 cm³/mol. The van der Waals surface area contributed by atoms with E-state index in [9.17, 15) is 10.0 Å². The van der Waals surface area contributed by atoms with Gasteiger partial charge in [0.2, 0.25) is 0 Å². The third-order valence-electron chi connectivity index (χ3n) is 2.72. The van der Waals surface area contributed by atoms with Crippen molar-refractivity contribution in [1.29, 1.82) is 0 Å². The average molecular weight is 290 g/mol. The fourth-order valence-electron chi connectivity index (χ4n) is 1.67. The van der Waals surface area contributed by atoms with Crippen LogP contribution in [0.4, 0.5) is 0 Å². The Balaban J connectivity index is 2.14. The SMILES string of the molecule is COc1ccc(B(O)O)cc1CSc1ncc(C)cn1. The molecule has 0 aliphatic carbocycles. The second kappa shape index (κ2) is 6.74. The summed E-state index contributed by atoms with van der Waals surface area (Å²) in [7, 11) is 0.0984. The Kier molecular flexibility index (Phi) is 5.00. The molecule has 5 nitrogen and oxygen atoms in total. The highest BCUT2D eigenvalue weighted by Crippen LogP contribution is 2.25. The maximum absolute atomic E-state index is 9.21. The van der Waals surface area contributed by atoms with Crippen molar-refractivity contribution in [3.63, 3.8) is 0 Å². The number of rotatable bonds is 5. The first-order valence-corrected chi connectivity index (χ1v) is 7.03. The first-order chi connectivity index (χ1) is 9.60. The van der Waals surface area contributed by atoms with Gasteiger partial charge in [0.25, 0.3) is 0 Å². The molecule has 2 rings (SSSR count). The number of nitrogens with zero attached hydrogens (tertiary/aromatic N) is 2. The molecule has 0 atom stereocenters. The van der Waals surface area contributed by atoms with Crippen LogP contribution in [0.3, 0.4) is 0 Å². The van der Waals surface area contributed by atoms with Crippen molar-refractivity contribution < 1.29 is 14.8 Å². The topological polar surface area (TPSA) is 75.5 Å². The number of benzene rings is 1. The molecule has 7 heteroatoms. The summed E-state index contributed by atoms with van der Waals surface area (Å²) >= 11 is 1.47. The van der Waals surface area contributed by atoms with E-state index in [0.29, 0.717) is 22.1 Å². The van der Waals surface area contributed by atoms with Gasteiger partial charge in [-0.05, 0) is 24.0 Å². The molecule has 1 aromatic heterocycles. The summed E-state index contributed by atoms with van der Waals surface area (Å²) in [6, 6.07) is 5.06. The fourth-order valence-corrected chi connectivity index (χ4v) is 2.43. The quantitative estimate of drug-likeness (QED) is 0.481. The van der Waals surface area contributed by atoms with Crippen LogP contribution in [0.2, 0.25) is 0 Å². The lowest BCUT2D eigenvalue weighted by Crippen LogP contribution is -2.30. The summed E-state index contributed by atoms with van der Waals surface area (Å²) in [5.41, 5.74) is 2.32. The Hall–Kier alpha value is -1.57. The van der Waals surface area contributed by atoms with Gasteiger partial charge >= 0.3 is 7.12 Å². The van der Waals surface area contributed by atoms with Gasteiger partial charge in [0, 0.05) is 23.7 Å². The molecule has 0 saturated carbocycles. The maximum atomic E-state index is 9.21. The third kappa shape index (κ3) is 3.72. The van der Waals surface area contributed by atoms with Crippen LogP contribution in [0.25, 0.3) is 0 Å². The van der Waals surface area contributed by atoms with E-state index in [4.69, 9.17) is 4.74 Å². The summed E-state index contributed by atoms with van der Waals surface area (Å²) in [5, 5.41) is 19.1. The Morgan fingerprint density at radius 3 is 2.55 bits per heavy atom. The number of aryl methyl sites for hydroxylation is 1.